The van der Waals surface area contributed by atoms with Crippen molar-refractivity contribution in [3.63, 3.8) is 0 Å². The maximum absolute atomic E-state index is 13.8. The Labute approximate surface area is 94.2 Å². The molecule has 0 aliphatic carbocycles. The first kappa shape index (κ1) is 12.3. The number of rotatable bonds is 4. The molecule has 2 N–H and O–H groups in total. The van der Waals surface area contributed by atoms with Crippen molar-refractivity contribution in [2.24, 2.45) is 5.73 Å². The molecule has 0 spiro atoms. The summed E-state index contributed by atoms with van der Waals surface area (Å²) in [5.74, 6) is -0.202. The average molecular weight is 232 g/mol. The maximum Gasteiger partial charge on any atom is 0.169 e. The van der Waals surface area contributed by atoms with Gasteiger partial charge in [0.1, 0.15) is 0 Å². The van der Waals surface area contributed by atoms with Crippen molar-refractivity contribution < 1.29 is 9.13 Å². The van der Waals surface area contributed by atoms with Crippen molar-refractivity contribution in [1.29, 1.82) is 0 Å². The Hall–Kier alpha value is -0.800. The monoisotopic (exact) mass is 231 g/mol. The Bertz CT molecular complexity index is 344. The summed E-state index contributed by atoms with van der Waals surface area (Å²) in [5.41, 5.74) is 6.20. The van der Waals surface area contributed by atoms with Crippen LogP contribution in [-0.2, 0) is 6.42 Å². The fourth-order valence-electron chi connectivity index (χ4n) is 1.33. The molecule has 0 aliphatic rings. The second-order valence-electron chi connectivity index (χ2n) is 3.41. The highest BCUT2D eigenvalue weighted by molar-refractivity contribution is 6.31. The maximum atomic E-state index is 13.8. The summed E-state index contributed by atoms with van der Waals surface area (Å²) in [4.78, 5) is 0. The molecule has 0 bridgehead atoms. The third kappa shape index (κ3) is 2.83. The Kier molecular flexibility index (Phi) is 4.36. The molecule has 1 aromatic rings. The van der Waals surface area contributed by atoms with Crippen LogP contribution in [0.3, 0.4) is 0 Å². The Balaban J connectivity index is 3.04. The summed E-state index contributed by atoms with van der Waals surface area (Å²) in [5, 5.41) is 0.400. The predicted molar refractivity (Wildman–Crippen MR) is 59.9 cm³/mol. The van der Waals surface area contributed by atoms with Crippen LogP contribution in [0.2, 0.25) is 5.02 Å². The molecular formula is C11H15ClFNO. The lowest BCUT2D eigenvalue weighted by atomic mass is 10.0. The average Bonchev–Trinajstić information content (AvgIpc) is 2.24. The molecule has 84 valence electrons. The zero-order valence-corrected chi connectivity index (χ0v) is 9.64. The molecule has 0 heterocycles. The minimum atomic E-state index is -0.408. The minimum absolute atomic E-state index is 0.0795. The molecular weight excluding hydrogens is 217 g/mol. The van der Waals surface area contributed by atoms with Gasteiger partial charge >= 0.3 is 0 Å². The van der Waals surface area contributed by atoms with E-state index in [2.05, 4.69) is 0 Å². The smallest absolute Gasteiger partial charge is 0.169 e. The van der Waals surface area contributed by atoms with Gasteiger partial charge in [-0.2, -0.15) is 0 Å². The van der Waals surface area contributed by atoms with Crippen LogP contribution < -0.4 is 10.5 Å². The fraction of sp³-hybridized carbons (Fsp3) is 0.455. The molecule has 1 rings (SSSR count). The van der Waals surface area contributed by atoms with Gasteiger partial charge in [-0.3, -0.25) is 0 Å². The molecule has 4 heteroatoms. The lowest BCUT2D eigenvalue weighted by Crippen LogP contribution is -2.22. The van der Waals surface area contributed by atoms with E-state index in [1.165, 1.54) is 13.2 Å². The molecule has 2 nitrogen and oxygen atoms in total. The lowest BCUT2D eigenvalue weighted by molar-refractivity contribution is 0.383. The lowest BCUT2D eigenvalue weighted by Gasteiger charge is -2.13. The van der Waals surface area contributed by atoms with Gasteiger partial charge in [-0.05, 0) is 25.0 Å². The standard InChI is InChI=1S/C11H15ClFNO/c1-3-7(14)6-8-9(12)4-5-10(15-2)11(8)13/h4-5,7H,3,6,14H2,1-2H3. The SMILES string of the molecule is CCC(N)Cc1c(Cl)ccc(OC)c1F. The van der Waals surface area contributed by atoms with E-state index in [9.17, 15) is 4.39 Å². The highest BCUT2D eigenvalue weighted by Crippen LogP contribution is 2.28. The molecule has 1 aromatic carbocycles. The molecule has 0 aromatic heterocycles. The van der Waals surface area contributed by atoms with Gasteiger partial charge in [0, 0.05) is 16.6 Å². The van der Waals surface area contributed by atoms with E-state index in [0.717, 1.165) is 6.42 Å². The second-order valence-corrected chi connectivity index (χ2v) is 3.82. The van der Waals surface area contributed by atoms with Gasteiger partial charge in [0.15, 0.2) is 11.6 Å². The number of hydrogen-bond acceptors (Lipinski definition) is 2. The third-order valence-electron chi connectivity index (χ3n) is 2.36. The zero-order chi connectivity index (χ0) is 11.4. The molecule has 0 saturated carbocycles. The topological polar surface area (TPSA) is 35.2 Å². The van der Waals surface area contributed by atoms with Crippen molar-refractivity contribution in [2.75, 3.05) is 7.11 Å². The summed E-state index contributed by atoms with van der Waals surface area (Å²) in [6, 6.07) is 3.06. The molecule has 0 saturated heterocycles. The zero-order valence-electron chi connectivity index (χ0n) is 8.89. The van der Waals surface area contributed by atoms with Crippen LogP contribution in [0.1, 0.15) is 18.9 Å². The van der Waals surface area contributed by atoms with Gasteiger partial charge in [-0.1, -0.05) is 18.5 Å². The van der Waals surface area contributed by atoms with Crippen LogP contribution in [-0.4, -0.2) is 13.2 Å². The van der Waals surface area contributed by atoms with E-state index >= 15 is 0 Å². The van der Waals surface area contributed by atoms with Gasteiger partial charge in [-0.15, -0.1) is 0 Å². The van der Waals surface area contributed by atoms with E-state index in [0.29, 0.717) is 17.0 Å². The Morgan fingerprint density at radius 1 is 1.53 bits per heavy atom. The first-order chi connectivity index (χ1) is 7.10. The predicted octanol–water partition coefficient (Wildman–Crippen LogP) is 2.77. The molecule has 0 aliphatic heterocycles. The molecule has 15 heavy (non-hydrogen) atoms. The van der Waals surface area contributed by atoms with E-state index in [4.69, 9.17) is 22.1 Å². The van der Waals surface area contributed by atoms with Crippen LogP contribution in [0, 0.1) is 5.82 Å². The summed E-state index contributed by atoms with van der Waals surface area (Å²) >= 11 is 5.91. The summed E-state index contributed by atoms with van der Waals surface area (Å²) < 4.78 is 18.6. The van der Waals surface area contributed by atoms with Crippen LogP contribution in [0.25, 0.3) is 0 Å². The first-order valence-corrected chi connectivity index (χ1v) is 5.24. The summed E-state index contributed by atoms with van der Waals surface area (Å²) in [7, 11) is 1.43. The highest BCUT2D eigenvalue weighted by Gasteiger charge is 2.14. The van der Waals surface area contributed by atoms with Crippen LogP contribution >= 0.6 is 11.6 Å². The highest BCUT2D eigenvalue weighted by atomic mass is 35.5. The summed E-state index contributed by atoms with van der Waals surface area (Å²) in [6.07, 6.45) is 1.21. The van der Waals surface area contributed by atoms with Crippen molar-refractivity contribution in [2.45, 2.75) is 25.8 Å². The van der Waals surface area contributed by atoms with Crippen LogP contribution in [0.5, 0.6) is 5.75 Å². The van der Waals surface area contributed by atoms with Crippen molar-refractivity contribution in [3.8, 4) is 5.75 Å². The molecule has 1 unspecified atom stereocenters. The van der Waals surface area contributed by atoms with Crippen molar-refractivity contribution in [3.05, 3.63) is 28.5 Å². The van der Waals surface area contributed by atoms with Crippen LogP contribution in [0.15, 0.2) is 12.1 Å². The van der Waals surface area contributed by atoms with Crippen LogP contribution in [0.4, 0.5) is 4.39 Å². The number of methoxy groups -OCH3 is 1. The number of hydrogen-bond donors (Lipinski definition) is 1. The number of halogens is 2. The molecule has 0 radical (unpaired) electrons. The van der Waals surface area contributed by atoms with Gasteiger partial charge in [0.25, 0.3) is 0 Å². The molecule has 1 atom stereocenters. The number of nitrogens with two attached hydrogens (primary N) is 1. The fourth-order valence-corrected chi connectivity index (χ4v) is 1.55. The van der Waals surface area contributed by atoms with Gasteiger partial charge < -0.3 is 10.5 Å². The quantitative estimate of drug-likeness (QED) is 0.865. The number of benzene rings is 1. The second kappa shape index (κ2) is 5.33. The largest absolute Gasteiger partial charge is 0.494 e. The van der Waals surface area contributed by atoms with E-state index in [1.54, 1.807) is 6.07 Å². The Morgan fingerprint density at radius 3 is 2.73 bits per heavy atom. The first-order valence-electron chi connectivity index (χ1n) is 4.86. The third-order valence-corrected chi connectivity index (χ3v) is 2.72. The van der Waals surface area contributed by atoms with Gasteiger partial charge in [0.2, 0.25) is 0 Å². The molecule has 0 amide bonds. The Morgan fingerprint density at radius 2 is 2.20 bits per heavy atom. The van der Waals surface area contributed by atoms with E-state index in [1.807, 2.05) is 6.92 Å². The van der Waals surface area contributed by atoms with Gasteiger partial charge in [-0.25, -0.2) is 4.39 Å². The number of ether oxygens (including phenoxy) is 1. The van der Waals surface area contributed by atoms with E-state index in [-0.39, 0.29) is 11.8 Å². The minimum Gasteiger partial charge on any atom is -0.494 e. The van der Waals surface area contributed by atoms with E-state index < -0.39 is 5.82 Å². The van der Waals surface area contributed by atoms with Crippen molar-refractivity contribution >= 4 is 11.6 Å². The normalized spacial score (nSPS) is 12.6. The summed E-state index contributed by atoms with van der Waals surface area (Å²) in [6.45, 7) is 1.96. The van der Waals surface area contributed by atoms with Gasteiger partial charge in [0.05, 0.1) is 7.11 Å². The van der Waals surface area contributed by atoms with Crippen molar-refractivity contribution in [1.82, 2.24) is 0 Å². The molecule has 0 fully saturated rings.